The lowest BCUT2D eigenvalue weighted by Crippen LogP contribution is -2.19. The monoisotopic (exact) mass is 396 g/mol. The van der Waals surface area contributed by atoms with E-state index in [9.17, 15) is 9.59 Å². The van der Waals surface area contributed by atoms with E-state index >= 15 is 0 Å². The second-order valence-corrected chi connectivity index (χ2v) is 6.75. The van der Waals surface area contributed by atoms with Crippen LogP contribution < -0.4 is 21.1 Å². The lowest BCUT2D eigenvalue weighted by Gasteiger charge is -2.07. The molecular formula is C20H20N4O3S. The molecule has 0 bridgehead atoms. The maximum Gasteiger partial charge on any atom is 0.316 e. The van der Waals surface area contributed by atoms with Crippen molar-refractivity contribution in [2.45, 2.75) is 13.3 Å². The van der Waals surface area contributed by atoms with Gasteiger partial charge in [0.05, 0.1) is 18.7 Å². The van der Waals surface area contributed by atoms with Gasteiger partial charge in [0.15, 0.2) is 0 Å². The molecule has 3 amide bonds. The number of thiazole rings is 1. The highest BCUT2D eigenvalue weighted by molar-refractivity contribution is 7.13. The molecular weight excluding hydrogens is 376 g/mol. The summed E-state index contributed by atoms with van der Waals surface area (Å²) in [6.45, 7) is 2.56. The molecule has 28 heavy (non-hydrogen) atoms. The molecule has 3 rings (SSSR count). The standard InChI is InChI=1S/C20H20N4O3S/c1-2-27-17-8-6-13(7-9-17)19-23-16(12-28-19)11-18(25)22-14-4-3-5-15(10-14)24-20(21)26/h3-10,12H,2,11H2,1H3,(H,22,25)(H3,21,24,26). The Hall–Kier alpha value is -3.39. The molecule has 4 N–H and O–H groups in total. The van der Waals surface area contributed by atoms with E-state index in [1.165, 1.54) is 11.3 Å². The van der Waals surface area contributed by atoms with E-state index in [0.29, 0.717) is 23.7 Å². The van der Waals surface area contributed by atoms with E-state index in [1.54, 1.807) is 24.3 Å². The molecule has 0 aliphatic heterocycles. The zero-order chi connectivity index (χ0) is 19.9. The molecule has 0 unspecified atom stereocenters. The Morgan fingerprint density at radius 3 is 2.50 bits per heavy atom. The quantitative estimate of drug-likeness (QED) is 0.563. The van der Waals surface area contributed by atoms with Crippen molar-refractivity contribution < 1.29 is 14.3 Å². The Kier molecular flexibility index (Phi) is 6.23. The van der Waals surface area contributed by atoms with Gasteiger partial charge >= 0.3 is 6.03 Å². The van der Waals surface area contributed by atoms with Crippen molar-refractivity contribution in [3.05, 3.63) is 59.6 Å². The van der Waals surface area contributed by atoms with E-state index in [2.05, 4.69) is 15.6 Å². The fourth-order valence-electron chi connectivity index (χ4n) is 2.57. The topological polar surface area (TPSA) is 106 Å². The van der Waals surface area contributed by atoms with Gasteiger partial charge in [0.2, 0.25) is 5.91 Å². The number of aromatic nitrogens is 1. The Bertz CT molecular complexity index is 970. The van der Waals surface area contributed by atoms with Gasteiger partial charge in [-0.05, 0) is 49.4 Å². The normalized spacial score (nSPS) is 10.3. The smallest absolute Gasteiger partial charge is 0.316 e. The third-order valence-corrected chi connectivity index (χ3v) is 4.66. The summed E-state index contributed by atoms with van der Waals surface area (Å²) in [6, 6.07) is 13.8. The minimum absolute atomic E-state index is 0.154. The molecule has 2 aromatic carbocycles. The largest absolute Gasteiger partial charge is 0.494 e. The van der Waals surface area contributed by atoms with Crippen LogP contribution in [-0.4, -0.2) is 23.5 Å². The van der Waals surface area contributed by atoms with Gasteiger partial charge in [0, 0.05) is 22.3 Å². The van der Waals surface area contributed by atoms with Gasteiger partial charge in [-0.25, -0.2) is 9.78 Å². The van der Waals surface area contributed by atoms with Crippen LogP contribution in [0.5, 0.6) is 5.75 Å². The van der Waals surface area contributed by atoms with Crippen LogP contribution in [0.2, 0.25) is 0 Å². The summed E-state index contributed by atoms with van der Waals surface area (Å²) in [5, 5.41) is 7.98. The van der Waals surface area contributed by atoms with E-state index in [1.807, 2.05) is 36.6 Å². The van der Waals surface area contributed by atoms with Crippen LogP contribution in [0.25, 0.3) is 10.6 Å². The molecule has 1 heterocycles. The summed E-state index contributed by atoms with van der Waals surface area (Å²) >= 11 is 1.49. The molecule has 1 aromatic heterocycles. The molecule has 0 aliphatic rings. The van der Waals surface area contributed by atoms with Crippen molar-refractivity contribution in [1.82, 2.24) is 4.98 Å². The van der Waals surface area contributed by atoms with Gasteiger partial charge in [-0.1, -0.05) is 6.07 Å². The first-order valence-corrected chi connectivity index (χ1v) is 9.55. The third kappa shape index (κ3) is 5.31. The summed E-state index contributed by atoms with van der Waals surface area (Å²) in [7, 11) is 0. The minimum Gasteiger partial charge on any atom is -0.494 e. The zero-order valence-corrected chi connectivity index (χ0v) is 16.1. The first-order valence-electron chi connectivity index (χ1n) is 8.67. The fourth-order valence-corrected chi connectivity index (χ4v) is 3.39. The van der Waals surface area contributed by atoms with Crippen molar-refractivity contribution in [3.63, 3.8) is 0 Å². The number of carbonyl (C=O) groups excluding carboxylic acids is 2. The molecule has 3 aromatic rings. The van der Waals surface area contributed by atoms with Crippen LogP contribution in [0.3, 0.4) is 0 Å². The molecule has 0 radical (unpaired) electrons. The number of amides is 3. The maximum absolute atomic E-state index is 12.3. The number of ether oxygens (including phenoxy) is 1. The van der Waals surface area contributed by atoms with Crippen LogP contribution in [0.4, 0.5) is 16.2 Å². The highest BCUT2D eigenvalue weighted by Gasteiger charge is 2.10. The van der Waals surface area contributed by atoms with E-state index < -0.39 is 6.03 Å². The van der Waals surface area contributed by atoms with Crippen molar-refractivity contribution >= 4 is 34.6 Å². The lowest BCUT2D eigenvalue weighted by atomic mass is 10.2. The van der Waals surface area contributed by atoms with Gasteiger partial charge in [-0.2, -0.15) is 0 Å². The Morgan fingerprint density at radius 2 is 1.82 bits per heavy atom. The predicted octanol–water partition coefficient (Wildman–Crippen LogP) is 3.88. The van der Waals surface area contributed by atoms with Gasteiger partial charge < -0.3 is 21.1 Å². The van der Waals surface area contributed by atoms with Crippen LogP contribution in [0, 0.1) is 0 Å². The molecule has 0 saturated heterocycles. The second kappa shape index (κ2) is 9.01. The van der Waals surface area contributed by atoms with Crippen molar-refractivity contribution in [1.29, 1.82) is 0 Å². The van der Waals surface area contributed by atoms with E-state index in [4.69, 9.17) is 10.5 Å². The summed E-state index contributed by atoms with van der Waals surface area (Å²) in [6.07, 6.45) is 0.154. The molecule has 0 fully saturated rings. The zero-order valence-electron chi connectivity index (χ0n) is 15.3. The molecule has 7 nitrogen and oxygen atoms in total. The first kappa shape index (κ1) is 19.4. The maximum atomic E-state index is 12.3. The summed E-state index contributed by atoms with van der Waals surface area (Å²) in [5.74, 6) is 0.621. The molecule has 0 aliphatic carbocycles. The highest BCUT2D eigenvalue weighted by Crippen LogP contribution is 2.26. The number of urea groups is 1. The number of nitrogens with one attached hydrogen (secondary N) is 2. The number of nitrogens with two attached hydrogens (primary N) is 1. The lowest BCUT2D eigenvalue weighted by molar-refractivity contribution is -0.115. The number of hydrogen-bond acceptors (Lipinski definition) is 5. The van der Waals surface area contributed by atoms with Gasteiger partial charge in [0.1, 0.15) is 10.8 Å². The summed E-state index contributed by atoms with van der Waals surface area (Å²) in [4.78, 5) is 27.8. The van der Waals surface area contributed by atoms with Gasteiger partial charge in [-0.15, -0.1) is 11.3 Å². The second-order valence-electron chi connectivity index (χ2n) is 5.90. The van der Waals surface area contributed by atoms with E-state index in [-0.39, 0.29) is 12.3 Å². The van der Waals surface area contributed by atoms with E-state index in [0.717, 1.165) is 16.3 Å². The average Bonchev–Trinajstić information content (AvgIpc) is 3.10. The number of hydrogen-bond donors (Lipinski definition) is 3. The number of carbonyl (C=O) groups is 2. The van der Waals surface area contributed by atoms with Crippen LogP contribution >= 0.6 is 11.3 Å². The molecule has 144 valence electrons. The first-order chi connectivity index (χ1) is 13.5. The van der Waals surface area contributed by atoms with Crippen LogP contribution in [-0.2, 0) is 11.2 Å². The van der Waals surface area contributed by atoms with Crippen molar-refractivity contribution in [3.8, 4) is 16.3 Å². The number of nitrogens with zero attached hydrogens (tertiary/aromatic N) is 1. The van der Waals surface area contributed by atoms with Gasteiger partial charge in [0.25, 0.3) is 0 Å². The third-order valence-electron chi connectivity index (χ3n) is 3.72. The van der Waals surface area contributed by atoms with Crippen molar-refractivity contribution in [2.24, 2.45) is 5.73 Å². The molecule has 8 heteroatoms. The Morgan fingerprint density at radius 1 is 1.11 bits per heavy atom. The average molecular weight is 396 g/mol. The highest BCUT2D eigenvalue weighted by atomic mass is 32.1. The minimum atomic E-state index is -0.659. The van der Waals surface area contributed by atoms with Crippen LogP contribution in [0.15, 0.2) is 53.9 Å². The number of benzene rings is 2. The molecule has 0 saturated carbocycles. The fraction of sp³-hybridized carbons (Fsp3) is 0.150. The number of anilines is 2. The SMILES string of the molecule is CCOc1ccc(-c2nc(CC(=O)Nc3cccc(NC(N)=O)c3)cs2)cc1. The van der Waals surface area contributed by atoms with Crippen LogP contribution in [0.1, 0.15) is 12.6 Å². The Labute approximate surface area is 166 Å². The Balaban J connectivity index is 1.61. The summed E-state index contributed by atoms with van der Waals surface area (Å²) in [5.41, 5.74) is 7.85. The number of rotatable bonds is 7. The van der Waals surface area contributed by atoms with Gasteiger partial charge in [-0.3, -0.25) is 4.79 Å². The molecule has 0 atom stereocenters. The predicted molar refractivity (Wildman–Crippen MR) is 111 cm³/mol. The molecule has 0 spiro atoms. The summed E-state index contributed by atoms with van der Waals surface area (Å²) < 4.78 is 5.44. The number of primary amides is 1. The van der Waals surface area contributed by atoms with Crippen molar-refractivity contribution in [2.75, 3.05) is 17.2 Å².